The summed E-state index contributed by atoms with van der Waals surface area (Å²) in [4.78, 5) is 15.8. The maximum Gasteiger partial charge on any atom is 0.275 e. The number of ether oxygens (including phenoxy) is 1. The summed E-state index contributed by atoms with van der Waals surface area (Å²) in [5.74, 6) is -0.0939. The number of amides is 1. The van der Waals surface area contributed by atoms with Gasteiger partial charge in [0.25, 0.3) is 11.1 Å². The standard InChI is InChI=1S/C14H16N2O2S/c1-15-13(17)12(18-14(15)19)10-5-4-6-11(9-10)16-7-2-3-8-16/h4-6,9,12H,2-3,7-8H2,1H3. The van der Waals surface area contributed by atoms with E-state index in [1.54, 1.807) is 7.05 Å². The lowest BCUT2D eigenvalue weighted by molar-refractivity contribution is -0.129. The largest absolute Gasteiger partial charge is 0.452 e. The Bertz CT molecular complexity index is 526. The Morgan fingerprint density at radius 2 is 2.05 bits per heavy atom. The molecule has 0 aromatic heterocycles. The van der Waals surface area contributed by atoms with Crippen LogP contribution in [0.25, 0.3) is 0 Å². The molecule has 5 heteroatoms. The van der Waals surface area contributed by atoms with Gasteiger partial charge in [0.15, 0.2) is 0 Å². The first-order valence-electron chi connectivity index (χ1n) is 6.50. The highest BCUT2D eigenvalue weighted by atomic mass is 32.1. The van der Waals surface area contributed by atoms with E-state index < -0.39 is 6.10 Å². The Morgan fingerprint density at radius 3 is 2.68 bits per heavy atom. The van der Waals surface area contributed by atoms with Gasteiger partial charge in [-0.1, -0.05) is 12.1 Å². The van der Waals surface area contributed by atoms with Gasteiger partial charge in [0, 0.05) is 31.4 Å². The fraction of sp³-hybridized carbons (Fsp3) is 0.429. The molecule has 2 heterocycles. The lowest BCUT2D eigenvalue weighted by atomic mass is 10.1. The number of anilines is 1. The second kappa shape index (κ2) is 4.81. The summed E-state index contributed by atoms with van der Waals surface area (Å²) in [6.07, 6.45) is 1.88. The first-order chi connectivity index (χ1) is 9.16. The summed E-state index contributed by atoms with van der Waals surface area (Å²) < 4.78 is 5.48. The van der Waals surface area contributed by atoms with Crippen LogP contribution in [0.3, 0.4) is 0 Å². The minimum atomic E-state index is -0.583. The number of carbonyl (C=O) groups excluding carboxylic acids is 1. The second-order valence-corrected chi connectivity index (χ2v) is 5.30. The van der Waals surface area contributed by atoms with Crippen LogP contribution in [0.1, 0.15) is 24.5 Å². The molecular formula is C14H16N2O2S. The molecule has 0 aliphatic carbocycles. The lowest BCUT2D eigenvalue weighted by Gasteiger charge is -2.19. The van der Waals surface area contributed by atoms with Gasteiger partial charge in [-0.25, -0.2) is 0 Å². The Labute approximate surface area is 117 Å². The van der Waals surface area contributed by atoms with Crippen molar-refractivity contribution in [2.75, 3.05) is 25.0 Å². The average Bonchev–Trinajstić information content (AvgIpc) is 3.04. The lowest BCUT2D eigenvalue weighted by Crippen LogP contribution is -2.24. The topological polar surface area (TPSA) is 32.8 Å². The van der Waals surface area contributed by atoms with Gasteiger partial charge >= 0.3 is 0 Å². The third-order valence-electron chi connectivity index (χ3n) is 3.69. The van der Waals surface area contributed by atoms with Crippen LogP contribution in [-0.2, 0) is 9.53 Å². The molecule has 0 bridgehead atoms. The van der Waals surface area contributed by atoms with Gasteiger partial charge in [0.1, 0.15) is 0 Å². The Morgan fingerprint density at radius 1 is 1.32 bits per heavy atom. The molecule has 0 N–H and O–H groups in total. The summed E-state index contributed by atoms with van der Waals surface area (Å²) >= 11 is 5.01. The highest BCUT2D eigenvalue weighted by Gasteiger charge is 2.36. The van der Waals surface area contributed by atoms with E-state index in [-0.39, 0.29) is 11.1 Å². The minimum Gasteiger partial charge on any atom is -0.452 e. The molecule has 2 saturated heterocycles. The van der Waals surface area contributed by atoms with Gasteiger partial charge in [0.05, 0.1) is 0 Å². The summed E-state index contributed by atoms with van der Waals surface area (Å²) in [6.45, 7) is 2.17. The SMILES string of the molecule is CN1C(=O)C(c2cccc(N3CCCC3)c2)OC1=S. The number of hydrogen-bond acceptors (Lipinski definition) is 4. The molecule has 19 heavy (non-hydrogen) atoms. The Kier molecular flexibility index (Phi) is 3.14. The molecule has 1 unspecified atom stereocenters. The van der Waals surface area contributed by atoms with E-state index in [9.17, 15) is 4.79 Å². The van der Waals surface area contributed by atoms with Gasteiger partial charge in [-0.3, -0.25) is 9.69 Å². The number of benzene rings is 1. The number of thiocarbonyl (C=S) groups is 1. The molecule has 0 saturated carbocycles. The van der Waals surface area contributed by atoms with E-state index in [4.69, 9.17) is 17.0 Å². The number of likely N-dealkylation sites (N-methyl/N-ethyl adjacent to an activating group) is 1. The molecule has 1 atom stereocenters. The van der Waals surface area contributed by atoms with Crippen LogP contribution < -0.4 is 4.90 Å². The molecule has 2 aliphatic rings. The summed E-state index contributed by atoms with van der Waals surface area (Å²) in [5.41, 5.74) is 2.04. The van der Waals surface area contributed by atoms with Crippen molar-refractivity contribution in [3.8, 4) is 0 Å². The fourth-order valence-electron chi connectivity index (χ4n) is 2.57. The summed E-state index contributed by atoms with van der Waals surface area (Å²) in [7, 11) is 1.65. The monoisotopic (exact) mass is 276 g/mol. The fourth-order valence-corrected chi connectivity index (χ4v) is 2.75. The molecule has 4 nitrogen and oxygen atoms in total. The zero-order chi connectivity index (χ0) is 13.4. The van der Waals surface area contributed by atoms with E-state index in [2.05, 4.69) is 11.0 Å². The van der Waals surface area contributed by atoms with Crippen molar-refractivity contribution in [3.05, 3.63) is 29.8 Å². The van der Waals surface area contributed by atoms with E-state index in [0.29, 0.717) is 0 Å². The third-order valence-corrected chi connectivity index (χ3v) is 4.06. The number of hydrogen-bond donors (Lipinski definition) is 0. The first-order valence-corrected chi connectivity index (χ1v) is 6.91. The van der Waals surface area contributed by atoms with E-state index in [0.717, 1.165) is 24.3 Å². The zero-order valence-corrected chi connectivity index (χ0v) is 11.7. The van der Waals surface area contributed by atoms with Crippen LogP contribution in [-0.4, -0.2) is 36.1 Å². The molecule has 3 rings (SSSR count). The predicted molar refractivity (Wildman–Crippen MR) is 77.1 cm³/mol. The maximum absolute atomic E-state index is 12.0. The van der Waals surface area contributed by atoms with Crippen molar-refractivity contribution in [1.29, 1.82) is 0 Å². The maximum atomic E-state index is 12.0. The van der Waals surface area contributed by atoms with E-state index in [1.807, 2.05) is 18.2 Å². The highest BCUT2D eigenvalue weighted by Crippen LogP contribution is 2.30. The zero-order valence-electron chi connectivity index (χ0n) is 10.8. The molecule has 100 valence electrons. The number of rotatable bonds is 2. The van der Waals surface area contributed by atoms with Gasteiger partial charge in [0.2, 0.25) is 6.10 Å². The molecular weight excluding hydrogens is 260 g/mol. The van der Waals surface area contributed by atoms with Crippen molar-refractivity contribution in [2.45, 2.75) is 18.9 Å². The van der Waals surface area contributed by atoms with Crippen molar-refractivity contribution in [3.63, 3.8) is 0 Å². The van der Waals surface area contributed by atoms with Crippen LogP contribution in [0.5, 0.6) is 0 Å². The van der Waals surface area contributed by atoms with Gasteiger partial charge in [-0.15, -0.1) is 0 Å². The molecule has 1 amide bonds. The molecule has 1 aromatic carbocycles. The van der Waals surface area contributed by atoms with Crippen LogP contribution >= 0.6 is 12.2 Å². The molecule has 2 fully saturated rings. The second-order valence-electron chi connectivity index (χ2n) is 4.95. The molecule has 2 aliphatic heterocycles. The summed E-state index contributed by atoms with van der Waals surface area (Å²) in [5, 5.41) is 0.251. The average molecular weight is 276 g/mol. The van der Waals surface area contributed by atoms with E-state index >= 15 is 0 Å². The first kappa shape index (κ1) is 12.4. The Balaban J connectivity index is 1.87. The number of carbonyl (C=O) groups is 1. The Hall–Kier alpha value is -1.62. The molecule has 0 spiro atoms. The minimum absolute atomic E-state index is 0.0939. The van der Waals surface area contributed by atoms with Gasteiger partial charge in [-0.05, 0) is 37.2 Å². The van der Waals surface area contributed by atoms with Crippen LogP contribution in [0.15, 0.2) is 24.3 Å². The smallest absolute Gasteiger partial charge is 0.275 e. The third kappa shape index (κ3) is 2.18. The molecule has 1 aromatic rings. The summed E-state index contributed by atoms with van der Waals surface area (Å²) in [6, 6.07) is 8.01. The van der Waals surface area contributed by atoms with E-state index in [1.165, 1.54) is 17.7 Å². The van der Waals surface area contributed by atoms with Crippen molar-refractivity contribution >= 4 is 29.0 Å². The van der Waals surface area contributed by atoms with Crippen LogP contribution in [0.2, 0.25) is 0 Å². The van der Waals surface area contributed by atoms with Gasteiger partial charge in [-0.2, -0.15) is 0 Å². The normalized spacial score (nSPS) is 23.1. The predicted octanol–water partition coefficient (Wildman–Crippen LogP) is 2.10. The van der Waals surface area contributed by atoms with Crippen LogP contribution in [0, 0.1) is 0 Å². The van der Waals surface area contributed by atoms with Gasteiger partial charge < -0.3 is 9.64 Å². The van der Waals surface area contributed by atoms with Crippen molar-refractivity contribution in [2.24, 2.45) is 0 Å². The van der Waals surface area contributed by atoms with Crippen molar-refractivity contribution < 1.29 is 9.53 Å². The van der Waals surface area contributed by atoms with Crippen LogP contribution in [0.4, 0.5) is 5.69 Å². The van der Waals surface area contributed by atoms with Crippen molar-refractivity contribution in [1.82, 2.24) is 4.90 Å². The highest BCUT2D eigenvalue weighted by molar-refractivity contribution is 7.80. The quantitative estimate of drug-likeness (QED) is 0.775. The number of nitrogens with zero attached hydrogens (tertiary/aromatic N) is 2. The molecule has 0 radical (unpaired) electrons.